The first kappa shape index (κ1) is 11.2. The average Bonchev–Trinajstić information content (AvgIpc) is 2.34. The molecule has 1 aromatic heterocycles. The number of rotatable bonds is 4. The van der Waals surface area contributed by atoms with Crippen molar-refractivity contribution in [2.75, 3.05) is 12.3 Å². The Labute approximate surface area is 91.7 Å². The standard InChI is InChI=1S/C7H11Cl2N3S/c1-5-6(4-13-3-2-10)11-7(8)12(5)9/h2-4,10H2,1H3. The zero-order valence-corrected chi connectivity index (χ0v) is 9.59. The topological polar surface area (TPSA) is 43.8 Å². The summed E-state index contributed by atoms with van der Waals surface area (Å²) in [7, 11) is 0. The summed E-state index contributed by atoms with van der Waals surface area (Å²) in [6.07, 6.45) is 0. The highest BCUT2D eigenvalue weighted by Gasteiger charge is 2.09. The van der Waals surface area contributed by atoms with Gasteiger partial charge >= 0.3 is 0 Å². The lowest BCUT2D eigenvalue weighted by Gasteiger charge is -1.97. The van der Waals surface area contributed by atoms with Gasteiger partial charge in [0.25, 0.3) is 0 Å². The SMILES string of the molecule is Cc1c(CSCCN)nc(Cl)n1Cl. The Morgan fingerprint density at radius 1 is 1.62 bits per heavy atom. The van der Waals surface area contributed by atoms with Crippen LogP contribution in [0.1, 0.15) is 11.4 Å². The van der Waals surface area contributed by atoms with Crippen LogP contribution in [0.5, 0.6) is 0 Å². The van der Waals surface area contributed by atoms with Crippen LogP contribution in [0.25, 0.3) is 0 Å². The van der Waals surface area contributed by atoms with Crippen LogP contribution < -0.4 is 5.73 Å². The van der Waals surface area contributed by atoms with Gasteiger partial charge < -0.3 is 5.73 Å². The van der Waals surface area contributed by atoms with E-state index in [4.69, 9.17) is 29.1 Å². The minimum atomic E-state index is 0.322. The largest absolute Gasteiger partial charge is 0.330 e. The molecule has 1 rings (SSSR count). The molecule has 0 aromatic carbocycles. The third kappa shape index (κ3) is 2.77. The lowest BCUT2D eigenvalue weighted by Crippen LogP contribution is -2.01. The van der Waals surface area contributed by atoms with E-state index in [1.165, 1.54) is 4.09 Å². The Balaban J connectivity index is 2.61. The summed E-state index contributed by atoms with van der Waals surface area (Å²) in [5.41, 5.74) is 7.20. The maximum Gasteiger partial charge on any atom is 0.218 e. The summed E-state index contributed by atoms with van der Waals surface area (Å²) < 4.78 is 1.36. The molecule has 6 heteroatoms. The quantitative estimate of drug-likeness (QED) is 0.819. The first-order chi connectivity index (χ1) is 6.16. The predicted octanol–water partition coefficient (Wildman–Crippen LogP) is 2.04. The van der Waals surface area contributed by atoms with Gasteiger partial charge in [-0.25, -0.2) is 9.07 Å². The summed E-state index contributed by atoms with van der Waals surface area (Å²) in [6.45, 7) is 2.57. The van der Waals surface area contributed by atoms with Gasteiger partial charge in [-0.1, -0.05) is 0 Å². The maximum absolute atomic E-state index is 5.80. The van der Waals surface area contributed by atoms with E-state index < -0.39 is 0 Å². The van der Waals surface area contributed by atoms with Crippen LogP contribution in [0.4, 0.5) is 0 Å². The van der Waals surface area contributed by atoms with Gasteiger partial charge in [-0.15, -0.1) is 0 Å². The van der Waals surface area contributed by atoms with Crippen LogP contribution >= 0.6 is 35.1 Å². The van der Waals surface area contributed by atoms with E-state index in [0.29, 0.717) is 11.8 Å². The van der Waals surface area contributed by atoms with Gasteiger partial charge in [-0.2, -0.15) is 11.8 Å². The molecule has 0 radical (unpaired) electrons. The number of nitrogens with two attached hydrogens (primary N) is 1. The molecule has 0 aliphatic carbocycles. The molecule has 2 N–H and O–H groups in total. The van der Waals surface area contributed by atoms with Gasteiger partial charge in [-0.3, -0.25) is 0 Å². The molecule has 0 saturated carbocycles. The molecule has 0 unspecified atom stereocenters. The third-order valence-electron chi connectivity index (χ3n) is 1.60. The summed E-state index contributed by atoms with van der Waals surface area (Å²) in [5, 5.41) is 0.322. The van der Waals surface area contributed by atoms with E-state index in [1.54, 1.807) is 11.8 Å². The fraction of sp³-hybridized carbons (Fsp3) is 0.571. The zero-order chi connectivity index (χ0) is 9.84. The Morgan fingerprint density at radius 3 is 2.77 bits per heavy atom. The number of hydrogen-bond donors (Lipinski definition) is 1. The molecular formula is C7H11Cl2N3S. The molecule has 3 nitrogen and oxygen atoms in total. The van der Waals surface area contributed by atoms with E-state index in [1.807, 2.05) is 6.92 Å². The van der Waals surface area contributed by atoms with Gasteiger partial charge in [0, 0.05) is 29.8 Å². The third-order valence-corrected chi connectivity index (χ3v) is 3.36. The molecule has 1 heterocycles. The second kappa shape index (κ2) is 5.10. The fourth-order valence-corrected chi connectivity index (χ4v) is 2.02. The minimum absolute atomic E-state index is 0.322. The van der Waals surface area contributed by atoms with E-state index in [9.17, 15) is 0 Å². The van der Waals surface area contributed by atoms with Gasteiger partial charge in [0.1, 0.15) is 0 Å². The van der Waals surface area contributed by atoms with Crippen molar-refractivity contribution < 1.29 is 0 Å². The first-order valence-electron chi connectivity index (χ1n) is 3.84. The summed E-state index contributed by atoms with van der Waals surface area (Å²) in [5.74, 6) is 1.73. The smallest absolute Gasteiger partial charge is 0.218 e. The molecule has 0 saturated heterocycles. The normalized spacial score (nSPS) is 10.8. The lowest BCUT2D eigenvalue weighted by molar-refractivity contribution is 1.12. The van der Waals surface area contributed by atoms with Gasteiger partial charge in [0.15, 0.2) is 0 Å². The molecule has 74 valence electrons. The van der Waals surface area contributed by atoms with Crippen LogP contribution in [0.15, 0.2) is 0 Å². The molecular weight excluding hydrogens is 229 g/mol. The van der Waals surface area contributed by atoms with Crippen molar-refractivity contribution in [3.63, 3.8) is 0 Å². The summed E-state index contributed by atoms with van der Waals surface area (Å²) in [6, 6.07) is 0. The van der Waals surface area contributed by atoms with Crippen molar-refractivity contribution in [1.29, 1.82) is 0 Å². The number of halogens is 2. The van der Waals surface area contributed by atoms with Crippen molar-refractivity contribution in [1.82, 2.24) is 9.07 Å². The zero-order valence-electron chi connectivity index (χ0n) is 7.26. The number of imidazole rings is 1. The van der Waals surface area contributed by atoms with Crippen molar-refractivity contribution >= 4 is 35.1 Å². The monoisotopic (exact) mass is 239 g/mol. The molecule has 0 fully saturated rings. The van der Waals surface area contributed by atoms with Crippen molar-refractivity contribution in [2.24, 2.45) is 5.73 Å². The van der Waals surface area contributed by atoms with E-state index >= 15 is 0 Å². The number of hydrogen-bond acceptors (Lipinski definition) is 3. The van der Waals surface area contributed by atoms with Gasteiger partial charge in [0.05, 0.1) is 11.4 Å². The Kier molecular flexibility index (Phi) is 4.38. The van der Waals surface area contributed by atoms with Crippen LogP contribution in [0, 0.1) is 6.92 Å². The average molecular weight is 240 g/mol. The van der Waals surface area contributed by atoms with E-state index in [-0.39, 0.29) is 0 Å². The highest BCUT2D eigenvalue weighted by Crippen LogP contribution is 2.20. The minimum Gasteiger partial charge on any atom is -0.330 e. The Morgan fingerprint density at radius 2 is 2.31 bits per heavy atom. The summed E-state index contributed by atoms with van der Waals surface area (Å²) in [4.78, 5) is 4.12. The Hall–Kier alpha value is 0.1000. The highest BCUT2D eigenvalue weighted by molar-refractivity contribution is 7.98. The lowest BCUT2D eigenvalue weighted by atomic mass is 10.4. The number of thioether (sulfide) groups is 1. The molecule has 0 aliphatic heterocycles. The molecule has 0 spiro atoms. The second-order valence-electron chi connectivity index (χ2n) is 2.54. The van der Waals surface area contributed by atoms with E-state index in [2.05, 4.69) is 4.98 Å². The van der Waals surface area contributed by atoms with Crippen molar-refractivity contribution in [3.8, 4) is 0 Å². The van der Waals surface area contributed by atoms with Crippen molar-refractivity contribution in [2.45, 2.75) is 12.7 Å². The van der Waals surface area contributed by atoms with Crippen molar-refractivity contribution in [3.05, 3.63) is 16.7 Å². The first-order valence-corrected chi connectivity index (χ1v) is 5.71. The number of aromatic nitrogens is 2. The van der Waals surface area contributed by atoms with Gasteiger partial charge in [0.2, 0.25) is 5.28 Å². The fourth-order valence-electron chi connectivity index (χ4n) is 0.877. The second-order valence-corrected chi connectivity index (χ2v) is 4.32. The molecule has 13 heavy (non-hydrogen) atoms. The van der Waals surface area contributed by atoms with Crippen LogP contribution in [-0.4, -0.2) is 21.4 Å². The highest BCUT2D eigenvalue weighted by atomic mass is 35.5. The van der Waals surface area contributed by atoms with Crippen LogP contribution in [-0.2, 0) is 5.75 Å². The van der Waals surface area contributed by atoms with E-state index in [0.717, 1.165) is 22.9 Å². The van der Waals surface area contributed by atoms with Gasteiger partial charge in [-0.05, 0) is 18.5 Å². The summed E-state index contributed by atoms with van der Waals surface area (Å²) >= 11 is 13.3. The maximum atomic E-state index is 5.80. The predicted molar refractivity (Wildman–Crippen MR) is 58.4 cm³/mol. The number of nitrogens with zero attached hydrogens (tertiary/aromatic N) is 2. The molecule has 1 aromatic rings. The molecule has 0 atom stereocenters. The molecule has 0 amide bonds. The Bertz CT molecular complexity index is 288. The van der Waals surface area contributed by atoms with Crippen LogP contribution in [0.2, 0.25) is 5.28 Å². The molecule has 0 aliphatic rings. The molecule has 0 bridgehead atoms. The van der Waals surface area contributed by atoms with Crippen LogP contribution in [0.3, 0.4) is 0 Å².